The normalized spacial score (nSPS) is 16.0. The van der Waals surface area contributed by atoms with Crippen LogP contribution in [0.1, 0.15) is 86.6 Å². The van der Waals surface area contributed by atoms with Crippen LogP contribution in [0.2, 0.25) is 0 Å². The summed E-state index contributed by atoms with van der Waals surface area (Å²) in [5.41, 5.74) is 7.08. The van der Waals surface area contributed by atoms with Gasteiger partial charge in [0.25, 0.3) is 0 Å². The zero-order chi connectivity index (χ0) is 46.3. The Morgan fingerprint density at radius 3 is 1.57 bits per heavy atom. The van der Waals surface area contributed by atoms with Crippen molar-refractivity contribution in [3.8, 4) is 0 Å². The maximum Gasteiger partial charge on any atom is 0.326 e. The number of rotatable bonds is 25. The highest BCUT2D eigenvalue weighted by molar-refractivity contribution is 5.97. The van der Waals surface area contributed by atoms with E-state index in [1.54, 1.807) is 72.0 Å². The van der Waals surface area contributed by atoms with Crippen molar-refractivity contribution in [2.75, 3.05) is 0 Å². The molecule has 61 heavy (non-hydrogen) atoms. The summed E-state index contributed by atoms with van der Waals surface area (Å²) in [5, 5.41) is 55.4. The molecule has 340 valence electrons. The van der Waals surface area contributed by atoms with Crippen molar-refractivity contribution in [3.63, 3.8) is 0 Å². The molecule has 9 atom stereocenters. The molecule has 20 heteroatoms. The number of carboxylic acid groups (broad SMARTS) is 2. The summed E-state index contributed by atoms with van der Waals surface area (Å²) in [6.45, 7) is 12.8. The minimum absolute atomic E-state index is 0.0402. The molecule has 0 fully saturated rings. The van der Waals surface area contributed by atoms with Crippen molar-refractivity contribution in [2.24, 2.45) is 23.5 Å². The molecule has 20 nitrogen and oxygen atoms in total. The number of aliphatic hydroxyl groups is 2. The van der Waals surface area contributed by atoms with E-state index in [1.807, 2.05) is 0 Å². The molecule has 0 unspecified atom stereocenters. The van der Waals surface area contributed by atoms with E-state index in [4.69, 9.17) is 5.73 Å². The molecule has 0 bridgehead atoms. The van der Waals surface area contributed by atoms with Crippen LogP contribution in [0.15, 0.2) is 30.5 Å². The SMILES string of the molecule is CC(C)C[C@H](NC(=O)[C@H](CC(C)C)NC(=O)[C@@H](N)[C@@H](C)O)C(=O)N[C@@H](CCC(=O)O)C(=O)N[C@H](C(=O)N[C@@H](Cc1c[nH]c2ccccc12)C(=O)N[C@H](C(=O)O)C(C)C)[C@@H](C)O. The van der Waals surface area contributed by atoms with Crippen LogP contribution in [0.25, 0.3) is 10.9 Å². The van der Waals surface area contributed by atoms with Crippen molar-refractivity contribution < 1.29 is 58.8 Å². The average molecular weight is 861 g/mol. The van der Waals surface area contributed by atoms with Crippen molar-refractivity contribution in [1.29, 1.82) is 0 Å². The van der Waals surface area contributed by atoms with Crippen LogP contribution >= 0.6 is 0 Å². The molecule has 6 amide bonds. The minimum Gasteiger partial charge on any atom is -0.481 e. The number of aliphatic carboxylic acids is 2. The molecule has 0 spiro atoms. The van der Waals surface area contributed by atoms with Gasteiger partial charge in [-0.05, 0) is 62.5 Å². The van der Waals surface area contributed by atoms with E-state index in [0.29, 0.717) is 5.56 Å². The fourth-order valence-corrected chi connectivity index (χ4v) is 6.39. The Balaban J connectivity index is 2.41. The Bertz CT molecular complexity index is 1850. The van der Waals surface area contributed by atoms with Gasteiger partial charge in [-0.15, -0.1) is 0 Å². The van der Waals surface area contributed by atoms with E-state index >= 15 is 0 Å². The van der Waals surface area contributed by atoms with Gasteiger partial charge in [0.15, 0.2) is 0 Å². The van der Waals surface area contributed by atoms with Gasteiger partial charge >= 0.3 is 11.9 Å². The quantitative estimate of drug-likeness (QED) is 0.0595. The van der Waals surface area contributed by atoms with Crippen LogP contribution in [-0.4, -0.2) is 127 Å². The molecule has 1 aromatic heterocycles. The number of aromatic nitrogens is 1. The first-order valence-electron chi connectivity index (χ1n) is 20.4. The van der Waals surface area contributed by atoms with Crippen LogP contribution in [0.4, 0.5) is 0 Å². The van der Waals surface area contributed by atoms with Crippen LogP contribution in [0, 0.1) is 17.8 Å². The Hall–Kier alpha value is -5.60. The summed E-state index contributed by atoms with van der Waals surface area (Å²) >= 11 is 0. The predicted octanol–water partition coefficient (Wildman–Crippen LogP) is -0.594. The van der Waals surface area contributed by atoms with Crippen LogP contribution in [-0.2, 0) is 44.8 Å². The van der Waals surface area contributed by atoms with Crippen molar-refractivity contribution in [3.05, 3.63) is 36.0 Å². The largest absolute Gasteiger partial charge is 0.481 e. The highest BCUT2D eigenvalue weighted by Crippen LogP contribution is 2.20. The molecule has 1 aromatic carbocycles. The van der Waals surface area contributed by atoms with Gasteiger partial charge in [0.1, 0.15) is 42.3 Å². The number of carbonyl (C=O) groups excluding carboxylic acids is 6. The predicted molar refractivity (Wildman–Crippen MR) is 223 cm³/mol. The van der Waals surface area contributed by atoms with Gasteiger partial charge in [0.05, 0.1) is 12.2 Å². The molecule has 0 aliphatic carbocycles. The third-order valence-electron chi connectivity index (χ3n) is 9.81. The number of carboxylic acids is 2. The minimum atomic E-state index is -1.77. The fraction of sp³-hybridized carbons (Fsp3) is 0.610. The number of fused-ring (bicyclic) bond motifs is 1. The van der Waals surface area contributed by atoms with Crippen molar-refractivity contribution in [2.45, 2.75) is 142 Å². The lowest BCUT2D eigenvalue weighted by Crippen LogP contribution is -2.62. The van der Waals surface area contributed by atoms with Crippen LogP contribution in [0.3, 0.4) is 0 Å². The third-order valence-corrected chi connectivity index (χ3v) is 9.81. The zero-order valence-corrected chi connectivity index (χ0v) is 36.0. The fourth-order valence-electron chi connectivity index (χ4n) is 6.39. The van der Waals surface area contributed by atoms with Gasteiger partial charge in [-0.2, -0.15) is 0 Å². The lowest BCUT2D eigenvalue weighted by Gasteiger charge is -2.29. The smallest absolute Gasteiger partial charge is 0.326 e. The van der Waals surface area contributed by atoms with Gasteiger partial charge in [-0.1, -0.05) is 59.7 Å². The number of nitrogens with one attached hydrogen (secondary N) is 7. The third kappa shape index (κ3) is 16.4. The lowest BCUT2D eigenvalue weighted by atomic mass is 9.99. The molecule has 2 rings (SSSR count). The van der Waals surface area contributed by atoms with Gasteiger partial charge < -0.3 is 63.0 Å². The maximum atomic E-state index is 13.9. The van der Waals surface area contributed by atoms with Crippen LogP contribution in [0.5, 0.6) is 0 Å². The number of aliphatic hydroxyl groups excluding tert-OH is 2. The Morgan fingerprint density at radius 2 is 1.08 bits per heavy atom. The molecular formula is C41H64N8O12. The van der Waals surface area contributed by atoms with Gasteiger partial charge in [-0.3, -0.25) is 33.6 Å². The van der Waals surface area contributed by atoms with E-state index < -0.39 is 121 Å². The number of H-pyrrole nitrogens is 1. The lowest BCUT2D eigenvalue weighted by molar-refractivity contribution is -0.143. The Kier molecular flexibility index (Phi) is 20.3. The van der Waals surface area contributed by atoms with Gasteiger partial charge in [0, 0.05) is 29.9 Å². The summed E-state index contributed by atoms with van der Waals surface area (Å²) in [4.78, 5) is 108. The second kappa shape index (κ2) is 24.0. The molecule has 0 aliphatic rings. The number of hydrogen-bond donors (Lipinski definition) is 12. The number of aromatic amines is 1. The molecule has 0 saturated heterocycles. The summed E-state index contributed by atoms with van der Waals surface area (Å²) in [6.07, 6.45) is -2.27. The average Bonchev–Trinajstić information content (AvgIpc) is 3.57. The summed E-state index contributed by atoms with van der Waals surface area (Å²) < 4.78 is 0. The van der Waals surface area contributed by atoms with E-state index in [-0.39, 0.29) is 31.1 Å². The highest BCUT2D eigenvalue weighted by atomic mass is 16.4. The van der Waals surface area contributed by atoms with Crippen LogP contribution < -0.4 is 37.6 Å². The zero-order valence-electron chi connectivity index (χ0n) is 36.0. The standard InChI is InChI=1S/C41H64N8O12/c1-19(2)15-28(45-37(56)29(16-20(3)4)46-39(58)32(42)22(7)50)36(55)44-27(13-14-31(52)53)35(54)49-34(23(8)51)40(59)47-30(38(57)48-33(21(5)6)41(60)61)17-24-18-43-26-12-10-9-11-25(24)26/h9-12,18-23,27-30,32-34,43,50-51H,13-17,42H2,1-8H3,(H,44,55)(H,45,56)(H,46,58)(H,47,59)(H,48,57)(H,49,54)(H,52,53)(H,60,61)/t22-,23-,27+,28+,29+,30+,32+,33+,34+/m1/s1. The van der Waals surface area contributed by atoms with Crippen molar-refractivity contribution in [1.82, 2.24) is 36.9 Å². The highest BCUT2D eigenvalue weighted by Gasteiger charge is 2.36. The Labute approximate surface area is 354 Å². The summed E-state index contributed by atoms with van der Waals surface area (Å²) in [7, 11) is 0. The second-order valence-electron chi connectivity index (χ2n) is 16.6. The Morgan fingerprint density at radius 1 is 0.607 bits per heavy atom. The number of amides is 6. The first-order chi connectivity index (χ1) is 28.4. The molecule has 0 radical (unpaired) electrons. The number of nitrogens with two attached hydrogens (primary N) is 1. The second-order valence-corrected chi connectivity index (χ2v) is 16.6. The molecule has 0 aliphatic heterocycles. The summed E-state index contributed by atoms with van der Waals surface area (Å²) in [5.74, 6) is -8.92. The summed E-state index contributed by atoms with van der Waals surface area (Å²) in [6, 6.07) is -2.79. The van der Waals surface area contributed by atoms with E-state index in [9.17, 15) is 58.8 Å². The number of hydrogen-bond acceptors (Lipinski definition) is 11. The molecule has 2 aromatic rings. The molecule has 1 heterocycles. The number of para-hydroxylation sites is 1. The molecular weight excluding hydrogens is 796 g/mol. The number of benzene rings is 1. The maximum absolute atomic E-state index is 13.9. The van der Waals surface area contributed by atoms with Gasteiger partial charge in [-0.25, -0.2) is 4.79 Å². The van der Waals surface area contributed by atoms with Gasteiger partial charge in [0.2, 0.25) is 35.4 Å². The first-order valence-corrected chi connectivity index (χ1v) is 20.4. The molecule has 0 saturated carbocycles. The van der Waals surface area contributed by atoms with E-state index in [2.05, 4.69) is 36.9 Å². The first kappa shape index (κ1) is 51.5. The molecule has 13 N–H and O–H groups in total. The topological polar surface area (TPSA) is 331 Å². The number of carbonyl (C=O) groups is 8. The van der Waals surface area contributed by atoms with E-state index in [1.165, 1.54) is 13.8 Å². The van der Waals surface area contributed by atoms with Crippen molar-refractivity contribution >= 4 is 58.3 Å². The monoisotopic (exact) mass is 860 g/mol. The van der Waals surface area contributed by atoms with E-state index in [0.717, 1.165) is 10.9 Å².